The zero-order valence-electron chi connectivity index (χ0n) is 16.2. The molecule has 1 fully saturated rings. The number of esters is 1. The second-order valence-corrected chi connectivity index (χ2v) is 9.59. The fraction of sp³-hybridized carbons (Fsp3) is 0.526. The van der Waals surface area contributed by atoms with Gasteiger partial charge in [-0.15, -0.1) is 0 Å². The van der Waals surface area contributed by atoms with Crippen LogP contribution in [0.3, 0.4) is 0 Å². The van der Waals surface area contributed by atoms with Gasteiger partial charge in [-0.3, -0.25) is 4.79 Å². The van der Waals surface area contributed by atoms with Crippen molar-refractivity contribution in [1.82, 2.24) is 10.0 Å². The van der Waals surface area contributed by atoms with E-state index < -0.39 is 39.6 Å². The van der Waals surface area contributed by atoms with Gasteiger partial charge in [0.1, 0.15) is 5.54 Å². The van der Waals surface area contributed by atoms with Crippen LogP contribution in [0.15, 0.2) is 29.2 Å². The third-order valence-corrected chi connectivity index (χ3v) is 5.96. The highest BCUT2D eigenvalue weighted by atomic mass is 32.2. The molecule has 8 nitrogen and oxygen atoms in total. The lowest BCUT2D eigenvalue weighted by molar-refractivity contribution is -0.125. The lowest BCUT2D eigenvalue weighted by atomic mass is 10.00. The minimum Gasteiger partial charge on any atom is -0.452 e. The van der Waals surface area contributed by atoms with Crippen LogP contribution in [0.25, 0.3) is 0 Å². The fourth-order valence-electron chi connectivity index (χ4n) is 3.01. The van der Waals surface area contributed by atoms with Crippen molar-refractivity contribution in [3.05, 3.63) is 29.8 Å². The Morgan fingerprint density at radius 2 is 1.89 bits per heavy atom. The predicted octanol–water partition coefficient (Wildman–Crippen LogP) is 1.87. The normalized spacial score (nSPS) is 16.2. The minimum atomic E-state index is -3.81. The SMILES string of the molecule is CC(C)(C)NS(=O)(=O)c1cccc(C(=O)OCC(=O)NC2(C#N)CCCC2)c1. The smallest absolute Gasteiger partial charge is 0.338 e. The van der Waals surface area contributed by atoms with Gasteiger partial charge < -0.3 is 10.1 Å². The highest BCUT2D eigenvalue weighted by Gasteiger charge is 2.35. The van der Waals surface area contributed by atoms with Crippen LogP contribution in [0, 0.1) is 11.3 Å². The molecule has 0 bridgehead atoms. The first-order valence-electron chi connectivity index (χ1n) is 9.00. The summed E-state index contributed by atoms with van der Waals surface area (Å²) in [5.41, 5.74) is -1.55. The summed E-state index contributed by atoms with van der Waals surface area (Å²) < 4.78 is 32.3. The molecule has 0 heterocycles. The lowest BCUT2D eigenvalue weighted by Gasteiger charge is -2.21. The summed E-state index contributed by atoms with van der Waals surface area (Å²) in [4.78, 5) is 24.2. The average Bonchev–Trinajstić information content (AvgIpc) is 3.06. The molecule has 0 radical (unpaired) electrons. The Balaban J connectivity index is 2.01. The van der Waals surface area contributed by atoms with Gasteiger partial charge in [0.05, 0.1) is 16.5 Å². The molecule has 0 saturated heterocycles. The van der Waals surface area contributed by atoms with E-state index in [-0.39, 0.29) is 10.5 Å². The van der Waals surface area contributed by atoms with Gasteiger partial charge in [0.25, 0.3) is 5.91 Å². The minimum absolute atomic E-state index is 0.0143. The van der Waals surface area contributed by atoms with Crippen molar-refractivity contribution in [3.8, 4) is 6.07 Å². The van der Waals surface area contributed by atoms with Crippen molar-refractivity contribution in [2.75, 3.05) is 6.61 Å². The van der Waals surface area contributed by atoms with E-state index in [9.17, 15) is 23.3 Å². The van der Waals surface area contributed by atoms with Crippen LogP contribution in [0.1, 0.15) is 56.8 Å². The maximum Gasteiger partial charge on any atom is 0.338 e. The monoisotopic (exact) mass is 407 g/mol. The van der Waals surface area contributed by atoms with Gasteiger partial charge in [-0.1, -0.05) is 6.07 Å². The summed E-state index contributed by atoms with van der Waals surface area (Å²) in [7, 11) is -3.81. The van der Waals surface area contributed by atoms with Crippen LogP contribution in [-0.4, -0.2) is 38.0 Å². The molecule has 1 saturated carbocycles. The maximum atomic E-state index is 12.4. The number of carbonyl (C=O) groups is 2. The molecule has 1 aliphatic rings. The largest absolute Gasteiger partial charge is 0.452 e. The van der Waals surface area contributed by atoms with Crippen LogP contribution >= 0.6 is 0 Å². The Hall–Kier alpha value is -2.44. The van der Waals surface area contributed by atoms with Crippen molar-refractivity contribution in [3.63, 3.8) is 0 Å². The summed E-state index contributed by atoms with van der Waals surface area (Å²) in [6.07, 6.45) is 2.86. The van der Waals surface area contributed by atoms with Gasteiger partial charge in [-0.2, -0.15) is 5.26 Å². The number of sulfonamides is 1. The first-order valence-corrected chi connectivity index (χ1v) is 10.5. The number of benzene rings is 1. The Bertz CT molecular complexity index is 891. The highest BCUT2D eigenvalue weighted by Crippen LogP contribution is 2.28. The van der Waals surface area contributed by atoms with Crippen LogP contribution in [0.4, 0.5) is 0 Å². The second-order valence-electron chi connectivity index (χ2n) is 7.91. The van der Waals surface area contributed by atoms with Gasteiger partial charge in [0.2, 0.25) is 10.0 Å². The first-order chi connectivity index (χ1) is 13.0. The molecule has 0 spiro atoms. The van der Waals surface area contributed by atoms with Crippen LogP contribution in [-0.2, 0) is 19.6 Å². The third-order valence-electron chi connectivity index (χ3n) is 4.20. The highest BCUT2D eigenvalue weighted by molar-refractivity contribution is 7.89. The Morgan fingerprint density at radius 1 is 1.25 bits per heavy atom. The molecule has 1 aromatic carbocycles. The fourth-order valence-corrected chi connectivity index (χ4v) is 4.48. The second kappa shape index (κ2) is 8.29. The molecule has 152 valence electrons. The molecule has 0 aromatic heterocycles. The number of nitrogens with zero attached hydrogens (tertiary/aromatic N) is 1. The van der Waals surface area contributed by atoms with E-state index in [0.29, 0.717) is 12.8 Å². The van der Waals surface area contributed by atoms with Gasteiger partial charge >= 0.3 is 5.97 Å². The Labute approximate surface area is 165 Å². The summed E-state index contributed by atoms with van der Waals surface area (Å²) >= 11 is 0. The lowest BCUT2D eigenvalue weighted by Crippen LogP contribution is -2.46. The Kier molecular flexibility index (Phi) is 6.47. The van der Waals surface area contributed by atoms with Gasteiger partial charge in [0.15, 0.2) is 6.61 Å². The van der Waals surface area contributed by atoms with E-state index in [2.05, 4.69) is 16.1 Å². The Morgan fingerprint density at radius 3 is 2.46 bits per heavy atom. The molecule has 1 amide bonds. The number of amides is 1. The van der Waals surface area contributed by atoms with E-state index in [4.69, 9.17) is 4.74 Å². The number of nitriles is 1. The van der Waals surface area contributed by atoms with Gasteiger partial charge in [0, 0.05) is 5.54 Å². The maximum absolute atomic E-state index is 12.4. The summed E-state index contributed by atoms with van der Waals surface area (Å²) in [5, 5.41) is 11.9. The molecule has 2 rings (SSSR count). The average molecular weight is 407 g/mol. The van der Waals surface area contributed by atoms with Gasteiger partial charge in [-0.25, -0.2) is 17.9 Å². The van der Waals surface area contributed by atoms with Crippen molar-refractivity contribution in [2.45, 2.75) is 62.4 Å². The van der Waals surface area contributed by atoms with E-state index >= 15 is 0 Å². The number of ether oxygens (including phenoxy) is 1. The summed E-state index contributed by atoms with van der Waals surface area (Å²) in [5.74, 6) is -1.38. The van der Waals surface area contributed by atoms with E-state index in [1.807, 2.05) is 0 Å². The number of hydrogen-bond donors (Lipinski definition) is 2. The molecule has 2 N–H and O–H groups in total. The van der Waals surface area contributed by atoms with Gasteiger partial charge in [-0.05, 0) is 64.7 Å². The predicted molar refractivity (Wildman–Crippen MR) is 102 cm³/mol. The first kappa shape index (κ1) is 21.9. The third kappa shape index (κ3) is 5.78. The number of rotatable bonds is 6. The molecule has 0 aliphatic heterocycles. The van der Waals surface area contributed by atoms with Crippen molar-refractivity contribution >= 4 is 21.9 Å². The van der Waals surface area contributed by atoms with Crippen molar-refractivity contribution in [2.24, 2.45) is 0 Å². The number of carbonyl (C=O) groups excluding carboxylic acids is 2. The molecular formula is C19H25N3O5S. The summed E-state index contributed by atoms with van der Waals surface area (Å²) in [6, 6.07) is 7.52. The van der Waals surface area contributed by atoms with E-state index in [0.717, 1.165) is 12.8 Å². The number of hydrogen-bond acceptors (Lipinski definition) is 6. The van der Waals surface area contributed by atoms with Crippen LogP contribution in [0.2, 0.25) is 0 Å². The van der Waals surface area contributed by atoms with E-state index in [1.165, 1.54) is 24.3 Å². The molecule has 0 unspecified atom stereocenters. The quantitative estimate of drug-likeness (QED) is 0.694. The molecule has 0 atom stereocenters. The zero-order chi connectivity index (χ0) is 21.0. The molecule has 9 heteroatoms. The molecule has 1 aromatic rings. The topological polar surface area (TPSA) is 125 Å². The van der Waals surface area contributed by atoms with Crippen LogP contribution in [0.5, 0.6) is 0 Å². The van der Waals surface area contributed by atoms with Crippen LogP contribution < -0.4 is 10.0 Å². The van der Waals surface area contributed by atoms with E-state index in [1.54, 1.807) is 20.8 Å². The zero-order valence-corrected chi connectivity index (χ0v) is 17.1. The molecule has 1 aliphatic carbocycles. The summed E-state index contributed by atoms with van der Waals surface area (Å²) in [6.45, 7) is 4.58. The standard InChI is InChI=1S/C19H25N3O5S/c1-18(2,3)22-28(25,26)15-8-6-7-14(11-15)17(24)27-12-16(23)21-19(13-20)9-4-5-10-19/h6-8,11,22H,4-5,9-10,12H2,1-3H3,(H,21,23). The molecular weight excluding hydrogens is 382 g/mol. The van der Waals surface area contributed by atoms with Crippen molar-refractivity contribution in [1.29, 1.82) is 5.26 Å². The molecule has 28 heavy (non-hydrogen) atoms. The number of nitrogens with one attached hydrogen (secondary N) is 2. The van der Waals surface area contributed by atoms with Crippen molar-refractivity contribution < 1.29 is 22.7 Å².